The molecule has 0 aromatic heterocycles. The van der Waals surface area contributed by atoms with Crippen LogP contribution in [0, 0.1) is 19.9 Å². The van der Waals surface area contributed by atoms with Gasteiger partial charge in [0, 0.05) is 5.56 Å². The minimum Gasteiger partial charge on any atom is -0.405 e. The fraction of sp³-hybridized carbons (Fsp3) is 0.200. The quantitative estimate of drug-likeness (QED) is 0.766. The minimum atomic E-state index is -4.70. The van der Waals surface area contributed by atoms with Gasteiger partial charge in [-0.15, -0.1) is 13.2 Å². The van der Waals surface area contributed by atoms with Gasteiger partial charge < -0.3 is 4.74 Å². The van der Waals surface area contributed by atoms with Crippen molar-refractivity contribution in [2.75, 3.05) is 0 Å². The molecule has 2 rings (SSSR count). The second kappa shape index (κ2) is 4.96. The summed E-state index contributed by atoms with van der Waals surface area (Å²) in [6, 6.07) is 12.9. The third kappa shape index (κ3) is 3.28. The van der Waals surface area contributed by atoms with E-state index in [1.54, 1.807) is 38.1 Å². The predicted octanol–water partition coefficient (Wildman–Crippen LogP) is 4.67. The van der Waals surface area contributed by atoms with Crippen molar-refractivity contribution in [1.82, 2.24) is 0 Å². The molecule has 1 nitrogen and oxygen atoms in total. The van der Waals surface area contributed by atoms with Gasteiger partial charge in [0.15, 0.2) is 0 Å². The first-order chi connectivity index (χ1) is 8.87. The zero-order valence-corrected chi connectivity index (χ0v) is 10.5. The predicted molar refractivity (Wildman–Crippen MR) is 66.9 cm³/mol. The third-order valence-corrected chi connectivity index (χ3v) is 2.67. The van der Waals surface area contributed by atoms with Gasteiger partial charge in [-0.1, -0.05) is 24.3 Å². The molecule has 0 saturated carbocycles. The fourth-order valence-electron chi connectivity index (χ4n) is 2.05. The number of benzene rings is 2. The van der Waals surface area contributed by atoms with Crippen molar-refractivity contribution in [3.05, 3.63) is 53.6 Å². The molecule has 0 N–H and O–H groups in total. The Labute approximate surface area is 109 Å². The van der Waals surface area contributed by atoms with Gasteiger partial charge in [0.25, 0.3) is 0 Å². The lowest BCUT2D eigenvalue weighted by atomic mass is 9.97. The van der Waals surface area contributed by atoms with E-state index in [-0.39, 0.29) is 5.75 Å². The van der Waals surface area contributed by atoms with E-state index in [2.05, 4.69) is 10.8 Å². The summed E-state index contributed by atoms with van der Waals surface area (Å²) in [6.07, 6.45) is -4.70. The molecule has 1 radical (unpaired) electrons. The van der Waals surface area contributed by atoms with Gasteiger partial charge in [-0.05, 0) is 48.7 Å². The van der Waals surface area contributed by atoms with Gasteiger partial charge in [0.1, 0.15) is 5.75 Å². The lowest BCUT2D eigenvalue weighted by molar-refractivity contribution is -0.274. The van der Waals surface area contributed by atoms with Crippen LogP contribution in [0.2, 0.25) is 0 Å². The van der Waals surface area contributed by atoms with E-state index < -0.39 is 6.36 Å². The minimum absolute atomic E-state index is 0.176. The van der Waals surface area contributed by atoms with E-state index in [0.29, 0.717) is 11.1 Å². The van der Waals surface area contributed by atoms with Crippen LogP contribution < -0.4 is 4.74 Å². The van der Waals surface area contributed by atoms with Gasteiger partial charge in [-0.25, -0.2) is 0 Å². The zero-order valence-electron chi connectivity index (χ0n) is 10.5. The Bertz CT molecular complexity index is 574. The van der Waals surface area contributed by atoms with E-state index in [4.69, 9.17) is 0 Å². The van der Waals surface area contributed by atoms with Crippen LogP contribution in [0.5, 0.6) is 5.75 Å². The maximum atomic E-state index is 12.5. The Hall–Kier alpha value is -1.97. The second-order valence-corrected chi connectivity index (χ2v) is 4.29. The molecule has 2 aromatic rings. The fourth-order valence-corrected chi connectivity index (χ4v) is 2.05. The number of aryl methyl sites for hydroxylation is 2. The third-order valence-electron chi connectivity index (χ3n) is 2.67. The van der Waals surface area contributed by atoms with Gasteiger partial charge in [-0.2, -0.15) is 0 Å². The Kier molecular flexibility index (Phi) is 3.51. The van der Waals surface area contributed by atoms with Gasteiger partial charge in [0.2, 0.25) is 0 Å². The van der Waals surface area contributed by atoms with Crippen LogP contribution in [0.15, 0.2) is 36.4 Å². The lowest BCUT2D eigenvalue weighted by Crippen LogP contribution is -2.18. The van der Waals surface area contributed by atoms with Crippen LogP contribution in [0.1, 0.15) is 11.1 Å². The SMILES string of the molecule is Cc1cc(C)c(-c2c[c]ccc2)c(OC(F)(F)F)c1. The van der Waals surface area contributed by atoms with Crippen molar-refractivity contribution in [3.63, 3.8) is 0 Å². The first-order valence-corrected chi connectivity index (χ1v) is 5.70. The largest absolute Gasteiger partial charge is 0.573 e. The molecule has 99 valence electrons. The van der Waals surface area contributed by atoms with Crippen LogP contribution in [-0.2, 0) is 0 Å². The molecular formula is C15H12F3O. The highest BCUT2D eigenvalue weighted by Gasteiger charge is 2.32. The summed E-state index contributed by atoms with van der Waals surface area (Å²) in [5, 5.41) is 0. The molecule has 0 aliphatic heterocycles. The molecule has 0 bridgehead atoms. The van der Waals surface area contributed by atoms with E-state index in [9.17, 15) is 13.2 Å². The molecule has 19 heavy (non-hydrogen) atoms. The standard InChI is InChI=1S/C15H12F3O/c1-10-8-11(2)14(12-6-4-3-5-7-12)13(9-10)19-15(16,17)18/h3-4,6-9H,1-2H3. The average molecular weight is 265 g/mol. The molecular weight excluding hydrogens is 253 g/mol. The molecule has 0 aliphatic carbocycles. The summed E-state index contributed by atoms with van der Waals surface area (Å²) in [5.41, 5.74) is 2.55. The summed E-state index contributed by atoms with van der Waals surface area (Å²) in [6.45, 7) is 3.50. The monoisotopic (exact) mass is 265 g/mol. The first-order valence-electron chi connectivity index (χ1n) is 5.70. The van der Waals surface area contributed by atoms with Crippen molar-refractivity contribution in [2.45, 2.75) is 20.2 Å². The normalized spacial score (nSPS) is 11.4. The highest BCUT2D eigenvalue weighted by Crippen LogP contribution is 2.37. The summed E-state index contributed by atoms with van der Waals surface area (Å²) in [7, 11) is 0. The molecule has 0 heterocycles. The van der Waals surface area contributed by atoms with Crippen LogP contribution in [0.4, 0.5) is 13.2 Å². The number of rotatable bonds is 2. The molecule has 4 heteroatoms. The molecule has 0 aliphatic rings. The molecule has 0 atom stereocenters. The smallest absolute Gasteiger partial charge is 0.405 e. The van der Waals surface area contributed by atoms with Crippen LogP contribution >= 0.6 is 0 Å². The van der Waals surface area contributed by atoms with E-state index in [1.165, 1.54) is 6.07 Å². The van der Waals surface area contributed by atoms with Crippen molar-refractivity contribution >= 4 is 0 Å². The van der Waals surface area contributed by atoms with Gasteiger partial charge >= 0.3 is 6.36 Å². The molecule has 0 spiro atoms. The Morgan fingerprint density at radius 2 is 1.89 bits per heavy atom. The van der Waals surface area contributed by atoms with Crippen LogP contribution in [0.25, 0.3) is 11.1 Å². The summed E-state index contributed by atoms with van der Waals surface area (Å²) >= 11 is 0. The molecule has 2 aromatic carbocycles. The van der Waals surface area contributed by atoms with E-state index in [0.717, 1.165) is 11.1 Å². The van der Waals surface area contributed by atoms with E-state index >= 15 is 0 Å². The molecule has 0 unspecified atom stereocenters. The number of hydrogen-bond acceptors (Lipinski definition) is 1. The summed E-state index contributed by atoms with van der Waals surface area (Å²) in [4.78, 5) is 0. The van der Waals surface area contributed by atoms with Crippen molar-refractivity contribution in [1.29, 1.82) is 0 Å². The maximum Gasteiger partial charge on any atom is 0.573 e. The number of ether oxygens (including phenoxy) is 1. The number of halogens is 3. The highest BCUT2D eigenvalue weighted by molar-refractivity contribution is 5.74. The van der Waals surface area contributed by atoms with Crippen molar-refractivity contribution in [2.24, 2.45) is 0 Å². The summed E-state index contributed by atoms with van der Waals surface area (Å²) < 4.78 is 41.5. The second-order valence-electron chi connectivity index (χ2n) is 4.29. The molecule has 0 saturated heterocycles. The Morgan fingerprint density at radius 1 is 1.16 bits per heavy atom. The molecule has 0 fully saturated rings. The van der Waals surface area contributed by atoms with Gasteiger partial charge in [0.05, 0.1) is 0 Å². The number of alkyl halides is 3. The van der Waals surface area contributed by atoms with Crippen LogP contribution in [0.3, 0.4) is 0 Å². The zero-order chi connectivity index (χ0) is 14.0. The van der Waals surface area contributed by atoms with E-state index in [1.807, 2.05) is 6.07 Å². The topological polar surface area (TPSA) is 9.23 Å². The average Bonchev–Trinajstić information content (AvgIpc) is 2.27. The number of hydrogen-bond donors (Lipinski definition) is 0. The lowest BCUT2D eigenvalue weighted by Gasteiger charge is -2.16. The van der Waals surface area contributed by atoms with Gasteiger partial charge in [-0.3, -0.25) is 0 Å². The highest BCUT2D eigenvalue weighted by atomic mass is 19.4. The van der Waals surface area contributed by atoms with Crippen molar-refractivity contribution in [3.8, 4) is 16.9 Å². The van der Waals surface area contributed by atoms with Crippen molar-refractivity contribution < 1.29 is 17.9 Å². The summed E-state index contributed by atoms with van der Waals surface area (Å²) in [5.74, 6) is -0.176. The maximum absolute atomic E-state index is 12.5. The molecule has 0 amide bonds. The van der Waals surface area contributed by atoms with Crippen LogP contribution in [-0.4, -0.2) is 6.36 Å². The first kappa shape index (κ1) is 13.5. The Morgan fingerprint density at radius 3 is 2.47 bits per heavy atom. The Balaban J connectivity index is 2.59.